The number of ether oxygens (including phenoxy) is 1. The lowest BCUT2D eigenvalue weighted by Gasteiger charge is -2.13. The summed E-state index contributed by atoms with van der Waals surface area (Å²) >= 11 is 0. The van der Waals surface area contributed by atoms with E-state index in [-0.39, 0.29) is 5.92 Å². The van der Waals surface area contributed by atoms with E-state index in [1.165, 1.54) is 0 Å². The second-order valence-electron chi connectivity index (χ2n) is 6.71. The molecule has 2 N–H and O–H groups in total. The molecular weight excluding hydrogens is 328 g/mol. The number of nitrogens with one attached hydrogen (secondary N) is 2. The van der Waals surface area contributed by atoms with Gasteiger partial charge in [-0.1, -0.05) is 51.1 Å². The van der Waals surface area contributed by atoms with E-state index in [1.54, 1.807) is 24.3 Å². The first-order valence-corrected chi connectivity index (χ1v) is 8.82. The van der Waals surface area contributed by atoms with Crippen molar-refractivity contribution in [2.75, 3.05) is 18.5 Å². The molecule has 2 aromatic rings. The summed E-state index contributed by atoms with van der Waals surface area (Å²) in [6.45, 7) is 7.19. The number of benzene rings is 2. The van der Waals surface area contributed by atoms with E-state index in [1.807, 2.05) is 37.3 Å². The highest BCUT2D eigenvalue weighted by Gasteiger charge is 2.15. The number of hydrogen-bond acceptors (Lipinski definition) is 3. The van der Waals surface area contributed by atoms with Gasteiger partial charge < -0.3 is 15.4 Å². The van der Waals surface area contributed by atoms with Crippen molar-refractivity contribution in [1.29, 1.82) is 0 Å². The van der Waals surface area contributed by atoms with Crippen molar-refractivity contribution in [3.05, 3.63) is 60.2 Å². The average Bonchev–Trinajstić information content (AvgIpc) is 2.65. The van der Waals surface area contributed by atoms with Crippen LogP contribution in [-0.2, 0) is 9.59 Å². The molecule has 0 radical (unpaired) electrons. The highest BCUT2D eigenvalue weighted by atomic mass is 16.5. The summed E-state index contributed by atoms with van der Waals surface area (Å²) in [6, 6.07) is 16.8. The van der Waals surface area contributed by atoms with Crippen molar-refractivity contribution in [2.24, 2.45) is 5.92 Å². The number of carbonyl (C=O) groups is 2. The molecule has 0 aliphatic rings. The fourth-order valence-electron chi connectivity index (χ4n) is 2.31. The van der Waals surface area contributed by atoms with Crippen LogP contribution in [0.5, 0.6) is 5.75 Å². The highest BCUT2D eigenvalue weighted by Crippen LogP contribution is 2.16. The van der Waals surface area contributed by atoms with Gasteiger partial charge >= 0.3 is 11.8 Å². The monoisotopic (exact) mass is 354 g/mol. The SMILES string of the molecule is CC(C)COc1ccc(NC(=O)C(=O)NC[C@H](C)c2ccccc2)cc1. The highest BCUT2D eigenvalue weighted by molar-refractivity contribution is 6.39. The van der Waals surface area contributed by atoms with Crippen molar-refractivity contribution in [2.45, 2.75) is 26.7 Å². The maximum Gasteiger partial charge on any atom is 0.313 e. The molecule has 0 aliphatic carbocycles. The third-order valence-corrected chi connectivity index (χ3v) is 3.84. The summed E-state index contributed by atoms with van der Waals surface area (Å²) in [4.78, 5) is 24.0. The first-order chi connectivity index (χ1) is 12.5. The number of rotatable bonds is 7. The molecule has 0 heterocycles. The third-order valence-electron chi connectivity index (χ3n) is 3.84. The van der Waals surface area contributed by atoms with Gasteiger partial charge in [-0.3, -0.25) is 9.59 Å². The van der Waals surface area contributed by atoms with Gasteiger partial charge in [0, 0.05) is 12.2 Å². The minimum absolute atomic E-state index is 0.130. The zero-order chi connectivity index (χ0) is 18.9. The Balaban J connectivity index is 1.80. The summed E-state index contributed by atoms with van der Waals surface area (Å²) < 4.78 is 5.59. The Bertz CT molecular complexity index is 712. The minimum Gasteiger partial charge on any atom is -0.493 e. The largest absolute Gasteiger partial charge is 0.493 e. The topological polar surface area (TPSA) is 67.4 Å². The Morgan fingerprint density at radius 1 is 0.923 bits per heavy atom. The lowest BCUT2D eigenvalue weighted by molar-refractivity contribution is -0.136. The number of hydrogen-bond donors (Lipinski definition) is 2. The van der Waals surface area contributed by atoms with Crippen molar-refractivity contribution >= 4 is 17.5 Å². The van der Waals surface area contributed by atoms with Gasteiger partial charge in [0.2, 0.25) is 0 Å². The molecule has 0 bridgehead atoms. The number of carbonyl (C=O) groups excluding carboxylic acids is 2. The van der Waals surface area contributed by atoms with Crippen LogP contribution < -0.4 is 15.4 Å². The normalized spacial score (nSPS) is 11.7. The van der Waals surface area contributed by atoms with Crippen LogP contribution in [0.2, 0.25) is 0 Å². The molecule has 0 unspecified atom stereocenters. The second kappa shape index (κ2) is 9.61. The molecule has 2 aromatic carbocycles. The lowest BCUT2D eigenvalue weighted by atomic mass is 10.0. The molecule has 2 amide bonds. The zero-order valence-corrected chi connectivity index (χ0v) is 15.5. The van der Waals surface area contributed by atoms with Gasteiger partial charge in [0.05, 0.1) is 6.61 Å². The van der Waals surface area contributed by atoms with Crippen LogP contribution in [0.15, 0.2) is 54.6 Å². The smallest absolute Gasteiger partial charge is 0.313 e. The van der Waals surface area contributed by atoms with Gasteiger partial charge in [-0.2, -0.15) is 0 Å². The van der Waals surface area contributed by atoms with E-state index in [2.05, 4.69) is 24.5 Å². The quantitative estimate of drug-likeness (QED) is 0.747. The first kappa shape index (κ1) is 19.5. The van der Waals surface area contributed by atoms with Crippen LogP contribution in [0.4, 0.5) is 5.69 Å². The second-order valence-corrected chi connectivity index (χ2v) is 6.71. The molecular formula is C21H26N2O3. The lowest BCUT2D eigenvalue weighted by Crippen LogP contribution is -2.37. The maximum atomic E-state index is 12.0. The Hall–Kier alpha value is -2.82. The molecule has 5 heteroatoms. The molecule has 0 aromatic heterocycles. The Kier molecular flexibility index (Phi) is 7.21. The summed E-state index contributed by atoms with van der Waals surface area (Å²) in [5, 5.41) is 5.26. The Labute approximate surface area is 154 Å². The van der Waals surface area contributed by atoms with Gasteiger partial charge in [0.25, 0.3) is 0 Å². The number of amides is 2. The van der Waals surface area contributed by atoms with Crippen LogP contribution in [0, 0.1) is 5.92 Å². The van der Waals surface area contributed by atoms with E-state index < -0.39 is 11.8 Å². The van der Waals surface area contributed by atoms with Crippen LogP contribution in [-0.4, -0.2) is 25.0 Å². The van der Waals surface area contributed by atoms with E-state index in [9.17, 15) is 9.59 Å². The average molecular weight is 354 g/mol. The fourth-order valence-corrected chi connectivity index (χ4v) is 2.31. The van der Waals surface area contributed by atoms with Gasteiger partial charge in [0.1, 0.15) is 5.75 Å². The Morgan fingerprint density at radius 2 is 1.58 bits per heavy atom. The third kappa shape index (κ3) is 6.24. The standard InChI is InChI=1S/C21H26N2O3/c1-15(2)14-26-19-11-9-18(10-12-19)23-21(25)20(24)22-13-16(3)17-7-5-4-6-8-17/h4-12,15-16H,13-14H2,1-3H3,(H,22,24)(H,23,25)/t16-/m0/s1. The van der Waals surface area contributed by atoms with Crippen LogP contribution >= 0.6 is 0 Å². The van der Waals surface area contributed by atoms with Crippen molar-refractivity contribution in [3.8, 4) is 5.75 Å². The number of anilines is 1. The molecule has 0 fully saturated rings. The predicted octanol–water partition coefficient (Wildman–Crippen LogP) is 3.58. The molecule has 2 rings (SSSR count). The first-order valence-electron chi connectivity index (χ1n) is 8.82. The van der Waals surface area contributed by atoms with Crippen molar-refractivity contribution in [1.82, 2.24) is 5.32 Å². The summed E-state index contributed by atoms with van der Waals surface area (Å²) in [6.07, 6.45) is 0. The molecule has 26 heavy (non-hydrogen) atoms. The molecule has 0 saturated heterocycles. The van der Waals surface area contributed by atoms with Crippen LogP contribution in [0.3, 0.4) is 0 Å². The molecule has 0 spiro atoms. The molecule has 0 aliphatic heterocycles. The van der Waals surface area contributed by atoms with E-state index in [4.69, 9.17) is 4.74 Å². The van der Waals surface area contributed by atoms with Gasteiger partial charge in [-0.05, 0) is 41.7 Å². The van der Waals surface area contributed by atoms with E-state index in [0.717, 1.165) is 11.3 Å². The molecule has 138 valence electrons. The summed E-state index contributed by atoms with van der Waals surface area (Å²) in [5.41, 5.74) is 1.67. The molecule has 0 saturated carbocycles. The molecule has 1 atom stereocenters. The minimum atomic E-state index is -0.680. The predicted molar refractivity (Wildman–Crippen MR) is 103 cm³/mol. The zero-order valence-electron chi connectivity index (χ0n) is 15.5. The van der Waals surface area contributed by atoms with E-state index >= 15 is 0 Å². The Morgan fingerprint density at radius 3 is 2.19 bits per heavy atom. The van der Waals surface area contributed by atoms with Gasteiger partial charge in [0.15, 0.2) is 0 Å². The summed E-state index contributed by atoms with van der Waals surface area (Å²) in [5.74, 6) is -0.0199. The van der Waals surface area contributed by atoms with Crippen LogP contribution in [0.1, 0.15) is 32.3 Å². The van der Waals surface area contributed by atoms with E-state index in [0.29, 0.717) is 24.8 Å². The van der Waals surface area contributed by atoms with Gasteiger partial charge in [-0.25, -0.2) is 0 Å². The van der Waals surface area contributed by atoms with Crippen LogP contribution in [0.25, 0.3) is 0 Å². The fraction of sp³-hybridized carbons (Fsp3) is 0.333. The summed E-state index contributed by atoms with van der Waals surface area (Å²) in [7, 11) is 0. The van der Waals surface area contributed by atoms with Crippen molar-refractivity contribution < 1.29 is 14.3 Å². The van der Waals surface area contributed by atoms with Gasteiger partial charge in [-0.15, -0.1) is 0 Å². The van der Waals surface area contributed by atoms with Crippen molar-refractivity contribution in [3.63, 3.8) is 0 Å². The molecule has 5 nitrogen and oxygen atoms in total. The maximum absolute atomic E-state index is 12.0.